The van der Waals surface area contributed by atoms with Gasteiger partial charge in [0.05, 0.1) is 18.0 Å². The second-order valence-electron chi connectivity index (χ2n) is 7.03. The lowest BCUT2D eigenvalue weighted by Gasteiger charge is -2.23. The van der Waals surface area contributed by atoms with E-state index >= 15 is 0 Å². The van der Waals surface area contributed by atoms with E-state index in [0.29, 0.717) is 18.0 Å². The lowest BCUT2D eigenvalue weighted by atomic mass is 9.93. The summed E-state index contributed by atoms with van der Waals surface area (Å²) in [6, 6.07) is 4.84. The third kappa shape index (κ3) is 5.70. The Bertz CT molecular complexity index is 716. The Morgan fingerprint density at radius 1 is 1.20 bits per heavy atom. The van der Waals surface area contributed by atoms with E-state index in [1.54, 1.807) is 19.1 Å². The number of aromatic nitrogens is 3. The summed E-state index contributed by atoms with van der Waals surface area (Å²) in [5.74, 6) is 0.223. The molecule has 1 unspecified atom stereocenters. The Morgan fingerprint density at radius 2 is 1.92 bits per heavy atom. The molecule has 2 rings (SSSR count). The van der Waals surface area contributed by atoms with Crippen LogP contribution in [0.3, 0.4) is 0 Å². The highest BCUT2D eigenvalue weighted by Gasteiger charge is 2.20. The molecule has 0 saturated carbocycles. The molecule has 1 atom stereocenters. The van der Waals surface area contributed by atoms with Gasteiger partial charge in [-0.25, -0.2) is 23.7 Å². The van der Waals surface area contributed by atoms with Crippen LogP contribution < -0.4 is 10.5 Å². The quantitative estimate of drug-likeness (QED) is 0.819. The molecule has 0 amide bonds. The number of alkyl halides is 2. The summed E-state index contributed by atoms with van der Waals surface area (Å²) in [6.45, 7) is 7.93. The smallest absolute Gasteiger partial charge is 0.284 e. The predicted molar refractivity (Wildman–Crippen MR) is 92.5 cm³/mol. The van der Waals surface area contributed by atoms with Crippen LogP contribution in [0.15, 0.2) is 24.5 Å². The molecular weight excluding hydrogens is 326 g/mol. The Hall–Kier alpha value is -2.15. The molecule has 2 aromatic rings. The fourth-order valence-corrected chi connectivity index (χ4v) is 2.67. The van der Waals surface area contributed by atoms with Gasteiger partial charge >= 0.3 is 0 Å². The first-order valence-corrected chi connectivity index (χ1v) is 8.15. The van der Waals surface area contributed by atoms with E-state index in [1.807, 2.05) is 20.8 Å². The normalized spacial score (nSPS) is 13.1. The molecule has 0 aromatic carbocycles. The molecule has 2 heterocycles. The third-order valence-corrected chi connectivity index (χ3v) is 3.56. The van der Waals surface area contributed by atoms with Gasteiger partial charge in [0.15, 0.2) is 0 Å². The van der Waals surface area contributed by atoms with E-state index in [9.17, 15) is 8.78 Å². The number of hydrogen-bond donors (Lipinski definition) is 1. The van der Waals surface area contributed by atoms with Gasteiger partial charge in [-0.3, -0.25) is 0 Å². The van der Waals surface area contributed by atoms with Crippen molar-refractivity contribution in [2.45, 2.75) is 46.1 Å². The van der Waals surface area contributed by atoms with Gasteiger partial charge in [0.25, 0.3) is 6.43 Å². The largest absolute Gasteiger partial charge is 0.491 e. The van der Waals surface area contributed by atoms with Gasteiger partial charge in [-0.15, -0.1) is 0 Å². The van der Waals surface area contributed by atoms with Crippen molar-refractivity contribution in [3.63, 3.8) is 0 Å². The van der Waals surface area contributed by atoms with Gasteiger partial charge in [0.2, 0.25) is 0 Å². The lowest BCUT2D eigenvalue weighted by Crippen LogP contribution is -2.35. The molecule has 7 heteroatoms. The first-order valence-electron chi connectivity index (χ1n) is 8.15. The zero-order chi connectivity index (χ0) is 18.6. The predicted octanol–water partition coefficient (Wildman–Crippen LogP) is 3.93. The van der Waals surface area contributed by atoms with Crippen molar-refractivity contribution in [1.29, 1.82) is 0 Å². The van der Waals surface area contributed by atoms with Crippen molar-refractivity contribution in [1.82, 2.24) is 15.0 Å². The van der Waals surface area contributed by atoms with Gasteiger partial charge in [-0.1, -0.05) is 6.92 Å². The van der Waals surface area contributed by atoms with Crippen LogP contribution in [0.2, 0.25) is 0 Å². The second-order valence-corrected chi connectivity index (χ2v) is 7.03. The minimum Gasteiger partial charge on any atom is -0.491 e. The lowest BCUT2D eigenvalue weighted by molar-refractivity contribution is 0.136. The molecule has 0 saturated heterocycles. The first kappa shape index (κ1) is 19.2. The summed E-state index contributed by atoms with van der Waals surface area (Å²) in [6.07, 6.45) is -0.628. The number of pyridine rings is 1. The molecule has 0 bridgehead atoms. The highest BCUT2D eigenvalue weighted by molar-refractivity contribution is 5.55. The number of rotatable bonds is 7. The number of aryl methyl sites for hydroxylation is 1. The van der Waals surface area contributed by atoms with E-state index in [4.69, 9.17) is 10.5 Å². The monoisotopic (exact) mass is 350 g/mol. The van der Waals surface area contributed by atoms with Crippen LogP contribution in [0, 0.1) is 12.8 Å². The van der Waals surface area contributed by atoms with Gasteiger partial charge in [0.1, 0.15) is 17.8 Å². The van der Waals surface area contributed by atoms with Crippen molar-refractivity contribution in [2.75, 3.05) is 6.61 Å². The maximum atomic E-state index is 13.4. The average molecular weight is 350 g/mol. The summed E-state index contributed by atoms with van der Waals surface area (Å²) >= 11 is 0. The number of halogens is 2. The number of hydrogen-bond acceptors (Lipinski definition) is 5. The maximum Gasteiger partial charge on any atom is 0.284 e. The van der Waals surface area contributed by atoms with Crippen molar-refractivity contribution < 1.29 is 13.5 Å². The van der Waals surface area contributed by atoms with Gasteiger partial charge < -0.3 is 10.5 Å². The van der Waals surface area contributed by atoms with Gasteiger partial charge in [-0.2, -0.15) is 0 Å². The first-order chi connectivity index (χ1) is 11.7. The molecule has 2 N–H and O–H groups in total. The van der Waals surface area contributed by atoms with Crippen LogP contribution in [-0.4, -0.2) is 27.1 Å². The fourth-order valence-electron chi connectivity index (χ4n) is 2.67. The van der Waals surface area contributed by atoms with E-state index in [2.05, 4.69) is 15.0 Å². The Morgan fingerprint density at radius 3 is 2.52 bits per heavy atom. The Kier molecular flexibility index (Phi) is 6.00. The van der Waals surface area contributed by atoms with Crippen molar-refractivity contribution in [3.05, 3.63) is 35.9 Å². The summed E-state index contributed by atoms with van der Waals surface area (Å²) in [5.41, 5.74) is 6.87. The summed E-state index contributed by atoms with van der Waals surface area (Å²) < 4.78 is 32.4. The van der Waals surface area contributed by atoms with E-state index < -0.39 is 6.43 Å². The molecule has 0 aliphatic heterocycles. The van der Waals surface area contributed by atoms with Crippen LogP contribution in [0.5, 0.6) is 5.75 Å². The second kappa shape index (κ2) is 7.82. The summed E-state index contributed by atoms with van der Waals surface area (Å²) in [7, 11) is 0. The molecule has 5 nitrogen and oxygen atoms in total. The van der Waals surface area contributed by atoms with Crippen LogP contribution in [-0.2, 0) is 0 Å². The summed E-state index contributed by atoms with van der Waals surface area (Å²) in [5, 5.41) is 0. The zero-order valence-electron chi connectivity index (χ0n) is 15.0. The summed E-state index contributed by atoms with van der Waals surface area (Å²) in [4.78, 5) is 12.1. The molecule has 136 valence electrons. The van der Waals surface area contributed by atoms with Crippen LogP contribution in [0.4, 0.5) is 8.78 Å². The standard InChI is InChI=1S/C18H24F2N4O/c1-11(8-18(3,4)21)9-25-15-6-5-13(24-16(15)17(19)20)14-7-12(2)22-10-23-14/h5-7,10-11,17H,8-9,21H2,1-4H3. The number of ether oxygens (including phenoxy) is 1. The van der Waals surface area contributed by atoms with Crippen LogP contribution in [0.25, 0.3) is 11.4 Å². The molecule has 0 fully saturated rings. The van der Waals surface area contributed by atoms with Gasteiger partial charge in [-0.05, 0) is 51.3 Å². The van der Waals surface area contributed by atoms with E-state index in [1.165, 1.54) is 12.4 Å². The van der Waals surface area contributed by atoms with Crippen molar-refractivity contribution in [3.8, 4) is 17.1 Å². The highest BCUT2D eigenvalue weighted by atomic mass is 19.3. The molecule has 0 radical (unpaired) electrons. The minimum absolute atomic E-state index is 0.0891. The van der Waals surface area contributed by atoms with Gasteiger partial charge in [0, 0.05) is 11.2 Å². The highest BCUT2D eigenvalue weighted by Crippen LogP contribution is 2.30. The molecule has 2 aromatic heterocycles. The molecular formula is C18H24F2N4O. The maximum absolute atomic E-state index is 13.4. The SMILES string of the molecule is Cc1cc(-c2ccc(OCC(C)CC(C)(C)N)c(C(F)F)n2)ncn1. The number of nitrogens with two attached hydrogens (primary N) is 1. The Balaban J connectivity index is 2.19. The fraction of sp³-hybridized carbons (Fsp3) is 0.500. The van der Waals surface area contributed by atoms with Crippen LogP contribution >= 0.6 is 0 Å². The molecule has 0 aliphatic carbocycles. The van der Waals surface area contributed by atoms with Crippen molar-refractivity contribution >= 4 is 0 Å². The zero-order valence-corrected chi connectivity index (χ0v) is 15.0. The number of nitrogens with zero attached hydrogens (tertiary/aromatic N) is 3. The molecule has 0 spiro atoms. The molecule has 0 aliphatic rings. The van der Waals surface area contributed by atoms with Crippen LogP contribution in [0.1, 0.15) is 45.0 Å². The Labute approximate surface area is 146 Å². The minimum atomic E-state index is -2.74. The van der Waals surface area contributed by atoms with E-state index in [0.717, 1.165) is 12.1 Å². The topological polar surface area (TPSA) is 73.9 Å². The van der Waals surface area contributed by atoms with Crippen molar-refractivity contribution in [2.24, 2.45) is 11.7 Å². The van der Waals surface area contributed by atoms with E-state index in [-0.39, 0.29) is 22.9 Å². The average Bonchev–Trinajstić information content (AvgIpc) is 2.51. The molecule has 25 heavy (non-hydrogen) atoms. The third-order valence-electron chi connectivity index (χ3n) is 3.56.